The molecule has 6 nitrogen and oxygen atoms in total. The Balaban J connectivity index is 1.77. The maximum absolute atomic E-state index is 12.4. The second-order valence-electron chi connectivity index (χ2n) is 5.45. The van der Waals surface area contributed by atoms with Crippen LogP contribution in [0.15, 0.2) is 53.1 Å². The Labute approximate surface area is 149 Å². The molecule has 0 atom stereocenters. The molecule has 0 aliphatic heterocycles. The molecule has 8 heteroatoms. The Morgan fingerprint density at radius 1 is 1.12 bits per heavy atom. The third kappa shape index (κ3) is 4.08. The first-order valence-corrected chi connectivity index (χ1v) is 7.79. The number of ether oxygens (including phenoxy) is 2. The summed E-state index contributed by atoms with van der Waals surface area (Å²) >= 11 is 0. The lowest BCUT2D eigenvalue weighted by molar-refractivity contribution is -0.0512. The maximum Gasteiger partial charge on any atom is 0.387 e. The highest BCUT2D eigenvalue weighted by atomic mass is 19.3. The molecular formula is C18H17F2N3O3. The van der Waals surface area contributed by atoms with E-state index in [4.69, 9.17) is 9.26 Å². The quantitative estimate of drug-likeness (QED) is 0.634. The van der Waals surface area contributed by atoms with Crippen LogP contribution in [0.25, 0.3) is 11.4 Å². The van der Waals surface area contributed by atoms with Crippen molar-refractivity contribution in [3.8, 4) is 22.9 Å². The van der Waals surface area contributed by atoms with Gasteiger partial charge in [-0.15, -0.1) is 0 Å². The van der Waals surface area contributed by atoms with Crippen molar-refractivity contribution in [3.05, 3.63) is 54.4 Å². The Bertz CT molecular complexity index is 856. The summed E-state index contributed by atoms with van der Waals surface area (Å²) in [6.07, 6.45) is 0. The summed E-state index contributed by atoms with van der Waals surface area (Å²) in [6, 6.07) is 14.3. The van der Waals surface area contributed by atoms with E-state index in [1.807, 2.05) is 42.3 Å². The molecule has 0 fully saturated rings. The van der Waals surface area contributed by atoms with Gasteiger partial charge in [-0.3, -0.25) is 0 Å². The first-order chi connectivity index (χ1) is 12.6. The molecule has 0 bridgehead atoms. The molecule has 0 aliphatic carbocycles. The molecule has 0 saturated carbocycles. The van der Waals surface area contributed by atoms with E-state index in [0.29, 0.717) is 23.8 Å². The molecule has 0 unspecified atom stereocenters. The molecule has 2 aromatic carbocycles. The number of anilines is 1. The first-order valence-electron chi connectivity index (χ1n) is 7.79. The van der Waals surface area contributed by atoms with Crippen LogP contribution in [0, 0.1) is 0 Å². The van der Waals surface area contributed by atoms with E-state index < -0.39 is 6.61 Å². The van der Waals surface area contributed by atoms with E-state index in [2.05, 4.69) is 14.9 Å². The van der Waals surface area contributed by atoms with Crippen LogP contribution in [0.4, 0.5) is 14.5 Å². The summed E-state index contributed by atoms with van der Waals surface area (Å²) in [6.45, 7) is -2.50. The number of methoxy groups -OCH3 is 1. The summed E-state index contributed by atoms with van der Waals surface area (Å²) in [5, 5.41) is 3.94. The van der Waals surface area contributed by atoms with E-state index in [-0.39, 0.29) is 11.5 Å². The van der Waals surface area contributed by atoms with Crippen molar-refractivity contribution in [1.82, 2.24) is 10.1 Å². The smallest absolute Gasteiger partial charge is 0.387 e. The molecule has 26 heavy (non-hydrogen) atoms. The summed E-state index contributed by atoms with van der Waals surface area (Å²) in [5.41, 5.74) is 1.59. The summed E-state index contributed by atoms with van der Waals surface area (Å²) < 4.78 is 39.6. The van der Waals surface area contributed by atoms with Crippen molar-refractivity contribution in [3.63, 3.8) is 0 Å². The van der Waals surface area contributed by atoms with Crippen molar-refractivity contribution in [1.29, 1.82) is 0 Å². The molecular weight excluding hydrogens is 344 g/mol. The van der Waals surface area contributed by atoms with Crippen molar-refractivity contribution < 1.29 is 22.8 Å². The Kier molecular flexibility index (Phi) is 5.31. The molecule has 0 spiro atoms. The molecule has 0 saturated heterocycles. The fourth-order valence-electron chi connectivity index (χ4n) is 2.41. The van der Waals surface area contributed by atoms with Gasteiger partial charge in [0.15, 0.2) is 11.5 Å². The van der Waals surface area contributed by atoms with Crippen molar-refractivity contribution >= 4 is 5.69 Å². The third-order valence-electron chi connectivity index (χ3n) is 3.68. The van der Waals surface area contributed by atoms with Crippen molar-refractivity contribution in [2.45, 2.75) is 13.2 Å². The predicted molar refractivity (Wildman–Crippen MR) is 91.5 cm³/mol. The number of nitrogens with zero attached hydrogens (tertiary/aromatic N) is 3. The Hall–Kier alpha value is -3.16. The zero-order valence-corrected chi connectivity index (χ0v) is 14.2. The topological polar surface area (TPSA) is 60.6 Å². The van der Waals surface area contributed by atoms with Gasteiger partial charge >= 0.3 is 6.61 Å². The molecule has 0 amide bonds. The fraction of sp³-hybridized carbons (Fsp3) is 0.222. The van der Waals surface area contributed by atoms with Crippen LogP contribution >= 0.6 is 0 Å². The van der Waals surface area contributed by atoms with Gasteiger partial charge in [-0.2, -0.15) is 13.8 Å². The van der Waals surface area contributed by atoms with Crippen molar-refractivity contribution in [2.24, 2.45) is 0 Å². The number of halogens is 2. The average molecular weight is 361 g/mol. The van der Waals surface area contributed by atoms with Gasteiger partial charge in [-0.1, -0.05) is 23.4 Å². The molecule has 0 aliphatic rings. The number of hydrogen-bond acceptors (Lipinski definition) is 6. The molecule has 0 radical (unpaired) electrons. The van der Waals surface area contributed by atoms with E-state index >= 15 is 0 Å². The standard InChI is InChI=1S/C18H17F2N3O3/c1-23(13-6-4-3-5-7-13)11-16-21-17(22-26-16)12-8-9-14(25-18(19)20)15(10-12)24-2/h3-10,18H,11H2,1-2H3. The third-order valence-corrected chi connectivity index (χ3v) is 3.68. The van der Waals surface area contributed by atoms with Gasteiger partial charge < -0.3 is 18.9 Å². The lowest BCUT2D eigenvalue weighted by Crippen LogP contribution is -2.16. The lowest BCUT2D eigenvalue weighted by atomic mass is 10.2. The van der Waals surface area contributed by atoms with Gasteiger partial charge in [0, 0.05) is 18.3 Å². The zero-order valence-electron chi connectivity index (χ0n) is 14.2. The fourth-order valence-corrected chi connectivity index (χ4v) is 2.41. The van der Waals surface area contributed by atoms with E-state index in [1.165, 1.54) is 19.2 Å². The number of alkyl halides is 2. The number of benzene rings is 2. The van der Waals surface area contributed by atoms with Crippen LogP contribution in [0.3, 0.4) is 0 Å². The van der Waals surface area contributed by atoms with Gasteiger partial charge in [-0.25, -0.2) is 0 Å². The molecule has 1 aromatic heterocycles. The second kappa shape index (κ2) is 7.81. The van der Waals surface area contributed by atoms with Gasteiger partial charge in [0.1, 0.15) is 0 Å². The van der Waals surface area contributed by atoms with E-state index in [9.17, 15) is 8.78 Å². The van der Waals surface area contributed by atoms with Crippen LogP contribution in [0.2, 0.25) is 0 Å². The summed E-state index contributed by atoms with van der Waals surface area (Å²) in [4.78, 5) is 6.32. The normalized spacial score (nSPS) is 10.8. The molecule has 1 heterocycles. The minimum atomic E-state index is -2.93. The van der Waals surface area contributed by atoms with Crippen LogP contribution in [0.1, 0.15) is 5.89 Å². The lowest BCUT2D eigenvalue weighted by Gasteiger charge is -2.16. The predicted octanol–water partition coefficient (Wildman–Crippen LogP) is 3.98. The van der Waals surface area contributed by atoms with Gasteiger partial charge in [0.05, 0.1) is 13.7 Å². The van der Waals surface area contributed by atoms with Crippen LogP contribution in [0.5, 0.6) is 11.5 Å². The van der Waals surface area contributed by atoms with Gasteiger partial charge in [0.2, 0.25) is 11.7 Å². The SMILES string of the molecule is COc1cc(-c2noc(CN(C)c3ccccc3)n2)ccc1OC(F)F. The van der Waals surface area contributed by atoms with Gasteiger partial charge in [-0.05, 0) is 30.3 Å². The monoisotopic (exact) mass is 361 g/mol. The maximum atomic E-state index is 12.4. The minimum absolute atomic E-state index is 0.0567. The van der Waals surface area contributed by atoms with Gasteiger partial charge in [0.25, 0.3) is 0 Å². The van der Waals surface area contributed by atoms with E-state index in [1.54, 1.807) is 6.07 Å². The minimum Gasteiger partial charge on any atom is -0.493 e. The molecule has 0 N–H and O–H groups in total. The van der Waals surface area contributed by atoms with Crippen molar-refractivity contribution in [2.75, 3.05) is 19.1 Å². The Morgan fingerprint density at radius 2 is 1.88 bits per heavy atom. The highest BCUT2D eigenvalue weighted by Gasteiger charge is 2.15. The highest BCUT2D eigenvalue weighted by Crippen LogP contribution is 2.32. The van der Waals surface area contributed by atoms with Crippen LogP contribution in [-0.2, 0) is 6.54 Å². The largest absolute Gasteiger partial charge is 0.493 e. The van der Waals surface area contributed by atoms with E-state index in [0.717, 1.165) is 5.69 Å². The molecule has 3 aromatic rings. The highest BCUT2D eigenvalue weighted by molar-refractivity contribution is 5.60. The molecule has 3 rings (SSSR count). The first kappa shape index (κ1) is 17.7. The number of hydrogen-bond donors (Lipinski definition) is 0. The second-order valence-corrected chi connectivity index (χ2v) is 5.45. The number of para-hydroxylation sites is 1. The van der Waals surface area contributed by atoms with Crippen LogP contribution < -0.4 is 14.4 Å². The summed E-state index contributed by atoms with van der Waals surface area (Å²) in [5.74, 6) is 0.871. The average Bonchev–Trinajstić information content (AvgIpc) is 3.10. The summed E-state index contributed by atoms with van der Waals surface area (Å²) in [7, 11) is 3.28. The molecule has 136 valence electrons. The van der Waals surface area contributed by atoms with Crippen LogP contribution in [-0.4, -0.2) is 30.9 Å². The zero-order chi connectivity index (χ0) is 18.5. The number of aromatic nitrogens is 2. The Morgan fingerprint density at radius 3 is 2.58 bits per heavy atom. The number of rotatable bonds is 7.